The van der Waals surface area contributed by atoms with Crippen LogP contribution in [0.4, 0.5) is 0 Å². The summed E-state index contributed by atoms with van der Waals surface area (Å²) in [5.41, 5.74) is 11.2. The van der Waals surface area contributed by atoms with E-state index < -0.39 is 0 Å². The summed E-state index contributed by atoms with van der Waals surface area (Å²) in [7, 11) is 0. The van der Waals surface area contributed by atoms with E-state index in [1.165, 1.54) is 0 Å². The average Bonchev–Trinajstić information content (AvgIpc) is 3.87. The van der Waals surface area contributed by atoms with Gasteiger partial charge in [-0.3, -0.25) is 9.97 Å². The van der Waals surface area contributed by atoms with Crippen LogP contribution in [0.1, 0.15) is 0 Å². The van der Waals surface area contributed by atoms with Crippen molar-refractivity contribution in [3.05, 3.63) is 158 Å². The molecule has 11 rings (SSSR count). The maximum atomic E-state index is 6.55. The van der Waals surface area contributed by atoms with Gasteiger partial charge in [0.05, 0.1) is 11.3 Å². The maximum Gasteiger partial charge on any atom is 2.00 e. The molecule has 7 heteroatoms. The first-order chi connectivity index (χ1) is 25.3. The first-order valence-corrected chi connectivity index (χ1v) is 16.9. The fourth-order valence-electron chi connectivity index (χ4n) is 7.52. The van der Waals surface area contributed by atoms with E-state index in [0.717, 1.165) is 88.2 Å². The van der Waals surface area contributed by atoms with E-state index in [0.29, 0.717) is 17.1 Å². The van der Waals surface area contributed by atoms with Crippen molar-refractivity contribution in [2.24, 2.45) is 0 Å². The van der Waals surface area contributed by atoms with E-state index in [1.54, 1.807) is 0 Å². The number of benzene rings is 6. The topological polar surface area (TPSA) is 70.8 Å². The summed E-state index contributed by atoms with van der Waals surface area (Å²) >= 11 is 0. The van der Waals surface area contributed by atoms with E-state index in [1.807, 2.05) is 42.6 Å². The molecule has 0 saturated heterocycles. The van der Waals surface area contributed by atoms with Crippen molar-refractivity contribution in [1.29, 1.82) is 0 Å². The van der Waals surface area contributed by atoms with Crippen LogP contribution in [0.25, 0.3) is 105 Å². The Balaban J connectivity index is 0.00000338. The van der Waals surface area contributed by atoms with Gasteiger partial charge in [-0.05, 0) is 57.9 Å². The molecule has 5 aromatic heterocycles. The molecule has 6 aromatic carbocycles. The normalized spacial score (nSPS) is 11.7. The van der Waals surface area contributed by atoms with Gasteiger partial charge in [0.1, 0.15) is 22.4 Å². The van der Waals surface area contributed by atoms with Crippen LogP contribution in [0.2, 0.25) is 0 Å². The zero-order valence-electron chi connectivity index (χ0n) is 27.4. The van der Waals surface area contributed by atoms with Gasteiger partial charge in [0, 0.05) is 22.4 Å². The number of nitrogens with zero attached hydrogens (tertiary/aromatic N) is 5. The Kier molecular flexibility index (Phi) is 6.95. The van der Waals surface area contributed by atoms with Crippen LogP contribution in [-0.2, 0) is 21.1 Å². The van der Waals surface area contributed by atoms with Gasteiger partial charge in [0.2, 0.25) is 0 Å². The molecule has 0 amide bonds. The van der Waals surface area contributed by atoms with Gasteiger partial charge in [-0.25, -0.2) is 4.98 Å². The molecule has 0 aliphatic heterocycles. The second kappa shape index (κ2) is 11.9. The largest absolute Gasteiger partial charge is 2.00 e. The van der Waals surface area contributed by atoms with E-state index in [2.05, 4.69) is 120 Å². The summed E-state index contributed by atoms with van der Waals surface area (Å²) < 4.78 is 8.74. The van der Waals surface area contributed by atoms with Gasteiger partial charge in [0.15, 0.2) is 5.58 Å². The Labute approximate surface area is 311 Å². The zero-order chi connectivity index (χ0) is 33.5. The molecule has 6 nitrogen and oxygen atoms in total. The summed E-state index contributed by atoms with van der Waals surface area (Å²) in [6.45, 7) is 0. The Morgan fingerprint density at radius 3 is 2.27 bits per heavy atom. The van der Waals surface area contributed by atoms with E-state index in [-0.39, 0.29) is 21.1 Å². The number of pyridine rings is 1. The molecule has 0 radical (unpaired) electrons. The summed E-state index contributed by atoms with van der Waals surface area (Å²) in [4.78, 5) is 20.5. The minimum absolute atomic E-state index is 0. The second-order valence-corrected chi connectivity index (χ2v) is 12.8. The van der Waals surface area contributed by atoms with Crippen LogP contribution >= 0.6 is 0 Å². The Bertz CT molecular complexity index is 3100. The maximum absolute atomic E-state index is 6.55. The van der Waals surface area contributed by atoms with Gasteiger partial charge < -0.3 is 14.0 Å². The zero-order valence-corrected chi connectivity index (χ0v) is 29.7. The number of hydrogen-bond acceptors (Lipinski definition) is 4. The van der Waals surface area contributed by atoms with Crippen LogP contribution in [0.3, 0.4) is 0 Å². The first-order valence-electron chi connectivity index (χ1n) is 16.9. The minimum atomic E-state index is 0. The van der Waals surface area contributed by atoms with Crippen LogP contribution in [-0.4, -0.2) is 19.5 Å². The molecule has 5 heterocycles. The van der Waals surface area contributed by atoms with Crippen molar-refractivity contribution in [3.8, 4) is 39.5 Å². The van der Waals surface area contributed by atoms with Crippen molar-refractivity contribution in [1.82, 2.24) is 24.5 Å². The van der Waals surface area contributed by atoms with Crippen LogP contribution in [0.15, 0.2) is 156 Å². The van der Waals surface area contributed by atoms with E-state index in [4.69, 9.17) is 24.4 Å². The van der Waals surface area contributed by atoms with Crippen molar-refractivity contribution in [2.75, 3.05) is 0 Å². The molecule has 0 fully saturated rings. The molecule has 0 aliphatic rings. The number of para-hydroxylation sites is 4. The summed E-state index contributed by atoms with van der Waals surface area (Å²) in [6.07, 6.45) is 1.84. The summed E-state index contributed by atoms with van der Waals surface area (Å²) in [6, 6.07) is 53.5. The quantitative estimate of drug-likeness (QED) is 0.165. The molecule has 0 spiro atoms. The number of fused-ring (bicyclic) bond motifs is 9. The fraction of sp³-hybridized carbons (Fsp3) is 0. The summed E-state index contributed by atoms with van der Waals surface area (Å²) in [5.74, 6) is 0.546. The number of furan rings is 1. The first kappa shape index (κ1) is 30.5. The van der Waals surface area contributed by atoms with Crippen LogP contribution < -0.4 is 4.98 Å². The second-order valence-electron chi connectivity index (χ2n) is 12.8. The van der Waals surface area contributed by atoms with Gasteiger partial charge in [-0.1, -0.05) is 109 Å². The van der Waals surface area contributed by atoms with Crippen LogP contribution in [0.5, 0.6) is 0 Å². The molecule has 0 bridgehead atoms. The van der Waals surface area contributed by atoms with Gasteiger partial charge in [-0.15, -0.1) is 34.8 Å². The third-order valence-electron chi connectivity index (χ3n) is 9.81. The average molecular weight is 847 g/mol. The van der Waals surface area contributed by atoms with Gasteiger partial charge in [-0.2, -0.15) is 0 Å². The monoisotopic (exact) mass is 846 g/mol. The molecular formula is C45H25N5OPt. The van der Waals surface area contributed by atoms with E-state index in [9.17, 15) is 0 Å². The van der Waals surface area contributed by atoms with E-state index >= 15 is 0 Å². The predicted octanol–water partition coefficient (Wildman–Crippen LogP) is 10.9. The molecule has 0 aliphatic carbocycles. The molecule has 246 valence electrons. The summed E-state index contributed by atoms with van der Waals surface area (Å²) in [5, 5.41) is 5.33. The van der Waals surface area contributed by atoms with Crippen molar-refractivity contribution < 1.29 is 25.5 Å². The van der Waals surface area contributed by atoms with Crippen molar-refractivity contribution in [2.45, 2.75) is 0 Å². The predicted molar refractivity (Wildman–Crippen MR) is 205 cm³/mol. The smallest absolute Gasteiger partial charge is 0.656 e. The molecular weight excluding hydrogens is 822 g/mol. The minimum Gasteiger partial charge on any atom is -0.656 e. The number of aromatic nitrogens is 5. The molecule has 0 saturated carbocycles. The molecule has 0 unspecified atom stereocenters. The van der Waals surface area contributed by atoms with Crippen molar-refractivity contribution in [3.63, 3.8) is 0 Å². The molecule has 52 heavy (non-hydrogen) atoms. The third kappa shape index (κ3) is 4.58. The fourth-order valence-corrected chi connectivity index (χ4v) is 7.52. The third-order valence-corrected chi connectivity index (χ3v) is 9.81. The Morgan fingerprint density at radius 2 is 1.37 bits per heavy atom. The van der Waals surface area contributed by atoms with Crippen LogP contribution in [0, 0.1) is 6.07 Å². The Hall–Kier alpha value is -6.36. The Morgan fingerprint density at radius 1 is 0.615 bits per heavy atom. The SMILES string of the molecule is [Pt+2].[c-]1c(-c2nc(-c3cccc4c3[n-]c3ccccc34)c3oc4ccccc4c3n2)cc(-c2ccccc2)cc1-n1c2ccccc2c2cccnc21. The number of rotatable bonds is 4. The van der Waals surface area contributed by atoms with Gasteiger partial charge >= 0.3 is 21.1 Å². The molecule has 0 atom stereocenters. The van der Waals surface area contributed by atoms with Gasteiger partial charge in [0.25, 0.3) is 0 Å². The number of hydrogen-bond donors (Lipinski definition) is 0. The van der Waals surface area contributed by atoms with Crippen molar-refractivity contribution >= 4 is 65.8 Å². The molecule has 0 N–H and O–H groups in total. The standard InChI is InChI=1S/C45H25N5O.Pt/c1-2-12-27(13-3-1)28-24-29(26-30(25-28)50-38-21-8-5-15-32(38)34-19-11-23-46-45(34)50)44-48-41-35-16-6-9-22-39(35)51-43(41)42(49-44)36-18-10-17-33-31-14-4-7-20-37(31)47-40(33)36;/h1-25H;/q-2;+2. The molecule has 11 aromatic rings.